The molecule has 11 nitrogen and oxygen atoms in total. The standard InChI is InChI=1S/C10H11N3S.C9H5N5OS.CO2/c1-2-11-10-9(14-13-12-10)8-6-4-3-5-7-8;10-13-12-9(15)7-8(16-14-11-7)6-4-2-1-3-5-6;2-1-3/h3-7,11H,2H2,1H3;1-5H;. The van der Waals surface area contributed by atoms with E-state index < -0.39 is 5.91 Å². The maximum atomic E-state index is 11.4. The van der Waals surface area contributed by atoms with Gasteiger partial charge in [0.15, 0.2) is 11.5 Å². The van der Waals surface area contributed by atoms with Crippen LogP contribution in [0.15, 0.2) is 65.8 Å². The monoisotopic (exact) mass is 480 g/mol. The number of benzene rings is 2. The molecule has 0 aliphatic heterocycles. The topological polar surface area (TPSA) is 164 Å². The first-order chi connectivity index (χ1) is 16.2. The lowest BCUT2D eigenvalue weighted by Gasteiger charge is -2.01. The van der Waals surface area contributed by atoms with Gasteiger partial charge in [0.1, 0.15) is 0 Å². The molecular formula is C20H16N8O3S2. The molecule has 33 heavy (non-hydrogen) atoms. The van der Waals surface area contributed by atoms with Gasteiger partial charge in [-0.3, -0.25) is 4.79 Å². The highest BCUT2D eigenvalue weighted by Gasteiger charge is 2.16. The summed E-state index contributed by atoms with van der Waals surface area (Å²) in [5, 5.41) is 13.9. The van der Waals surface area contributed by atoms with E-state index in [1.807, 2.05) is 55.5 Å². The highest BCUT2D eigenvalue weighted by molar-refractivity contribution is 7.10. The van der Waals surface area contributed by atoms with E-state index in [1.54, 1.807) is 0 Å². The summed E-state index contributed by atoms with van der Waals surface area (Å²) >= 11 is 2.51. The summed E-state index contributed by atoms with van der Waals surface area (Å²) < 4.78 is 7.64. The molecule has 4 rings (SSSR count). The van der Waals surface area contributed by atoms with Crippen LogP contribution in [-0.2, 0) is 9.59 Å². The van der Waals surface area contributed by atoms with E-state index in [0.29, 0.717) is 4.88 Å². The Morgan fingerprint density at radius 1 is 0.970 bits per heavy atom. The Hall–Kier alpha value is -4.28. The second-order valence-corrected chi connectivity index (χ2v) is 7.25. The van der Waals surface area contributed by atoms with E-state index in [1.165, 1.54) is 17.1 Å². The Balaban J connectivity index is 0.000000210. The molecule has 0 spiro atoms. The van der Waals surface area contributed by atoms with E-state index in [2.05, 4.69) is 46.6 Å². The fourth-order valence-electron chi connectivity index (χ4n) is 2.45. The molecule has 0 radical (unpaired) electrons. The number of rotatable bonds is 5. The zero-order chi connectivity index (χ0) is 23.9. The molecule has 2 aromatic heterocycles. The fraction of sp³-hybridized carbons (Fsp3) is 0.100. The third-order valence-electron chi connectivity index (χ3n) is 3.73. The summed E-state index contributed by atoms with van der Waals surface area (Å²) in [6, 6.07) is 19.4. The Kier molecular flexibility index (Phi) is 10.5. The van der Waals surface area contributed by atoms with Crippen LogP contribution in [0.1, 0.15) is 17.4 Å². The van der Waals surface area contributed by atoms with Crippen molar-refractivity contribution in [2.75, 3.05) is 11.9 Å². The van der Waals surface area contributed by atoms with Crippen LogP contribution in [0.5, 0.6) is 0 Å². The minimum Gasteiger partial charge on any atom is -0.368 e. The Morgan fingerprint density at radius 3 is 2.03 bits per heavy atom. The van der Waals surface area contributed by atoms with Crippen molar-refractivity contribution in [3.63, 3.8) is 0 Å². The van der Waals surface area contributed by atoms with Crippen LogP contribution in [-0.4, -0.2) is 37.8 Å². The van der Waals surface area contributed by atoms with Gasteiger partial charge in [-0.25, -0.2) is 0 Å². The van der Waals surface area contributed by atoms with Gasteiger partial charge in [0.05, 0.1) is 9.75 Å². The quantitative estimate of drug-likeness (QED) is 0.244. The number of carbonyl (C=O) groups is 1. The summed E-state index contributed by atoms with van der Waals surface area (Å²) in [6.45, 7) is 2.92. The molecular weight excluding hydrogens is 464 g/mol. The van der Waals surface area contributed by atoms with Crippen molar-refractivity contribution in [1.29, 1.82) is 0 Å². The number of nitrogens with zero attached hydrogens (tertiary/aromatic N) is 7. The predicted octanol–water partition coefficient (Wildman–Crippen LogP) is 4.71. The summed E-state index contributed by atoms with van der Waals surface area (Å²) in [5.41, 5.74) is 10.3. The van der Waals surface area contributed by atoms with Crippen molar-refractivity contribution in [3.8, 4) is 20.9 Å². The van der Waals surface area contributed by atoms with Crippen molar-refractivity contribution in [1.82, 2.24) is 19.2 Å². The third-order valence-corrected chi connectivity index (χ3v) is 5.28. The smallest absolute Gasteiger partial charge is 0.368 e. The second kappa shape index (κ2) is 13.9. The first-order valence-corrected chi connectivity index (χ1v) is 10.8. The summed E-state index contributed by atoms with van der Waals surface area (Å²) in [7, 11) is 0. The first-order valence-electron chi connectivity index (χ1n) is 9.24. The number of hydrogen-bond acceptors (Lipinski definition) is 10. The predicted molar refractivity (Wildman–Crippen MR) is 123 cm³/mol. The van der Waals surface area contributed by atoms with Gasteiger partial charge in [-0.15, -0.1) is 10.2 Å². The van der Waals surface area contributed by atoms with Crippen molar-refractivity contribution in [2.24, 2.45) is 5.11 Å². The lowest BCUT2D eigenvalue weighted by Crippen LogP contribution is -1.97. The molecule has 0 saturated carbocycles. The highest BCUT2D eigenvalue weighted by atomic mass is 32.1. The lowest BCUT2D eigenvalue weighted by atomic mass is 10.1. The molecule has 4 aromatic rings. The molecule has 0 atom stereocenters. The van der Waals surface area contributed by atoms with Crippen LogP contribution >= 0.6 is 23.1 Å². The normalized spacial score (nSPS) is 9.12. The summed E-state index contributed by atoms with van der Waals surface area (Å²) in [5.74, 6) is 0.166. The van der Waals surface area contributed by atoms with Crippen LogP contribution in [0.3, 0.4) is 0 Å². The molecule has 0 unspecified atom stereocenters. The van der Waals surface area contributed by atoms with Crippen molar-refractivity contribution >= 4 is 40.9 Å². The number of nitrogens with one attached hydrogen (secondary N) is 1. The number of hydrogen-bond donors (Lipinski definition) is 1. The van der Waals surface area contributed by atoms with Gasteiger partial charge in [0.2, 0.25) is 0 Å². The van der Waals surface area contributed by atoms with Crippen LogP contribution in [0.25, 0.3) is 31.3 Å². The van der Waals surface area contributed by atoms with Crippen molar-refractivity contribution < 1.29 is 14.4 Å². The first kappa shape index (κ1) is 25.0. The van der Waals surface area contributed by atoms with E-state index in [4.69, 9.17) is 15.1 Å². The van der Waals surface area contributed by atoms with Crippen LogP contribution in [0, 0.1) is 0 Å². The van der Waals surface area contributed by atoms with Gasteiger partial charge in [-0.1, -0.05) is 69.6 Å². The van der Waals surface area contributed by atoms with E-state index in [9.17, 15) is 4.79 Å². The van der Waals surface area contributed by atoms with Crippen LogP contribution in [0.4, 0.5) is 5.82 Å². The average molecular weight is 481 g/mol. The van der Waals surface area contributed by atoms with E-state index >= 15 is 0 Å². The zero-order valence-electron chi connectivity index (χ0n) is 17.2. The molecule has 1 N–H and O–H groups in total. The molecule has 166 valence electrons. The number of aromatic nitrogens is 4. The summed E-state index contributed by atoms with van der Waals surface area (Å²) in [6.07, 6.45) is 0.250. The molecule has 0 bridgehead atoms. The highest BCUT2D eigenvalue weighted by Crippen LogP contribution is 2.29. The molecule has 0 aliphatic carbocycles. The molecule has 0 aliphatic rings. The number of carbonyl (C=O) groups excluding carboxylic acids is 3. The van der Waals surface area contributed by atoms with Gasteiger partial charge in [-0.05, 0) is 51.8 Å². The minimum absolute atomic E-state index is 0.0917. The molecule has 1 amide bonds. The number of amides is 1. The van der Waals surface area contributed by atoms with E-state index in [0.717, 1.165) is 34.3 Å². The van der Waals surface area contributed by atoms with Crippen molar-refractivity contribution in [3.05, 3.63) is 76.8 Å². The molecule has 0 fully saturated rings. The Labute approximate surface area is 196 Å². The summed E-state index contributed by atoms with van der Waals surface area (Å²) in [4.78, 5) is 31.8. The van der Waals surface area contributed by atoms with Crippen molar-refractivity contribution in [2.45, 2.75) is 6.92 Å². The van der Waals surface area contributed by atoms with Crippen LogP contribution in [0.2, 0.25) is 0 Å². The van der Waals surface area contributed by atoms with E-state index in [-0.39, 0.29) is 11.8 Å². The van der Waals surface area contributed by atoms with Gasteiger partial charge in [-0.2, -0.15) is 9.59 Å². The maximum absolute atomic E-state index is 11.4. The largest absolute Gasteiger partial charge is 0.373 e. The third kappa shape index (κ3) is 7.42. The van der Waals surface area contributed by atoms with Gasteiger partial charge in [0.25, 0.3) is 5.91 Å². The fourth-order valence-corrected chi connectivity index (χ4v) is 3.76. The maximum Gasteiger partial charge on any atom is 0.373 e. The number of anilines is 1. The van der Waals surface area contributed by atoms with Gasteiger partial charge < -0.3 is 5.32 Å². The average Bonchev–Trinajstić information content (AvgIpc) is 3.52. The molecule has 2 aromatic carbocycles. The van der Waals surface area contributed by atoms with Crippen LogP contribution < -0.4 is 5.32 Å². The molecule has 2 heterocycles. The zero-order valence-corrected chi connectivity index (χ0v) is 18.8. The van der Waals surface area contributed by atoms with Gasteiger partial charge in [0, 0.05) is 11.5 Å². The van der Waals surface area contributed by atoms with Gasteiger partial charge >= 0.3 is 6.15 Å². The lowest BCUT2D eigenvalue weighted by molar-refractivity contribution is -0.191. The second-order valence-electron chi connectivity index (χ2n) is 5.74. The molecule has 0 saturated heterocycles. The SMILES string of the molecule is CCNc1nnsc1-c1ccccc1.O=C=O.[N-]=[N+]=NC(=O)c1nnsc1-c1ccccc1. The number of azide groups is 1. The Morgan fingerprint density at radius 2 is 1.48 bits per heavy atom. The Bertz CT molecular complexity index is 1230. The molecule has 13 heteroatoms. The minimum atomic E-state index is -0.713.